The van der Waals surface area contributed by atoms with Gasteiger partial charge in [0.25, 0.3) is 0 Å². The minimum absolute atomic E-state index is 0.374. The van der Waals surface area contributed by atoms with Gasteiger partial charge in [-0.1, -0.05) is 60.7 Å². The molecule has 0 N–H and O–H groups in total. The predicted molar refractivity (Wildman–Crippen MR) is 182 cm³/mol. The Labute approximate surface area is 278 Å². The first kappa shape index (κ1) is 30.6. The second-order valence-corrected chi connectivity index (χ2v) is 11.2. The highest BCUT2D eigenvalue weighted by Crippen LogP contribution is 2.28. The lowest BCUT2D eigenvalue weighted by Gasteiger charge is -2.28. The van der Waals surface area contributed by atoms with Crippen molar-refractivity contribution in [3.05, 3.63) is 108 Å². The molecule has 2 saturated heterocycles. The average molecular weight is 637 g/mol. The SMILES string of the molecule is N#C/C(=C\c1ccc(/C=C(\C#N)c2nnc(N3CCOCC3)n2-c2ccccc2)cc1)c1nnc(N2CCOCC2)n1-c1ccccc1. The maximum atomic E-state index is 10.3. The second kappa shape index (κ2) is 14.1. The smallest absolute Gasteiger partial charge is 0.232 e. The molecule has 48 heavy (non-hydrogen) atoms. The number of rotatable bonds is 8. The molecule has 0 atom stereocenters. The van der Waals surface area contributed by atoms with E-state index in [1.807, 2.05) is 94.1 Å². The highest BCUT2D eigenvalue weighted by molar-refractivity contribution is 5.90. The van der Waals surface area contributed by atoms with Gasteiger partial charge in [-0.2, -0.15) is 10.5 Å². The maximum Gasteiger partial charge on any atom is 0.232 e. The molecule has 238 valence electrons. The number of morpholine rings is 2. The Morgan fingerprint density at radius 2 is 0.917 bits per heavy atom. The topological polar surface area (TPSA) is 134 Å². The second-order valence-electron chi connectivity index (χ2n) is 11.2. The quantitative estimate of drug-likeness (QED) is 0.222. The van der Waals surface area contributed by atoms with E-state index in [4.69, 9.17) is 9.47 Å². The van der Waals surface area contributed by atoms with Crippen LogP contribution in [0.5, 0.6) is 0 Å². The molecule has 0 radical (unpaired) electrons. The fraction of sp³-hybridized carbons (Fsp3) is 0.222. The lowest BCUT2D eigenvalue weighted by molar-refractivity contribution is 0.121. The zero-order valence-electron chi connectivity index (χ0n) is 26.2. The fourth-order valence-electron chi connectivity index (χ4n) is 5.78. The molecule has 0 spiro atoms. The Morgan fingerprint density at radius 1 is 0.542 bits per heavy atom. The Bertz CT molecular complexity index is 1860. The average Bonchev–Trinajstić information content (AvgIpc) is 3.81. The monoisotopic (exact) mass is 636 g/mol. The molecule has 2 aliphatic rings. The van der Waals surface area contributed by atoms with Crippen molar-refractivity contribution in [3.8, 4) is 23.5 Å². The van der Waals surface area contributed by atoms with Crippen molar-refractivity contribution in [2.45, 2.75) is 0 Å². The van der Waals surface area contributed by atoms with E-state index < -0.39 is 0 Å². The number of hydrogen-bond acceptors (Lipinski definition) is 10. The number of benzene rings is 3. The number of nitrogens with zero attached hydrogens (tertiary/aromatic N) is 10. The molecule has 12 heteroatoms. The summed E-state index contributed by atoms with van der Waals surface area (Å²) in [5, 5.41) is 38.5. The first-order valence-corrected chi connectivity index (χ1v) is 15.7. The van der Waals surface area contributed by atoms with E-state index in [2.05, 4.69) is 42.3 Å². The number of allylic oxidation sites excluding steroid dienone is 2. The van der Waals surface area contributed by atoms with Gasteiger partial charge < -0.3 is 19.3 Å². The van der Waals surface area contributed by atoms with Crippen molar-refractivity contribution in [2.75, 3.05) is 62.4 Å². The van der Waals surface area contributed by atoms with E-state index in [9.17, 15) is 10.5 Å². The van der Waals surface area contributed by atoms with Crippen LogP contribution in [0, 0.1) is 22.7 Å². The molecule has 5 aromatic rings. The van der Waals surface area contributed by atoms with Gasteiger partial charge in [0, 0.05) is 26.2 Å². The van der Waals surface area contributed by atoms with Crippen molar-refractivity contribution in [2.24, 2.45) is 0 Å². The summed E-state index contributed by atoms with van der Waals surface area (Å²) < 4.78 is 14.9. The third-order valence-electron chi connectivity index (χ3n) is 8.19. The summed E-state index contributed by atoms with van der Waals surface area (Å²) in [6, 6.07) is 31.9. The number of para-hydroxylation sites is 2. The Hall–Kier alpha value is -6.08. The van der Waals surface area contributed by atoms with Crippen molar-refractivity contribution in [1.82, 2.24) is 29.5 Å². The lowest BCUT2D eigenvalue weighted by atomic mass is 10.1. The summed E-state index contributed by atoms with van der Waals surface area (Å²) >= 11 is 0. The predicted octanol–water partition coefficient (Wildman–Crippen LogP) is 4.65. The molecule has 0 bridgehead atoms. The van der Waals surface area contributed by atoms with E-state index in [0.29, 0.717) is 87.3 Å². The first-order chi connectivity index (χ1) is 23.7. The van der Waals surface area contributed by atoms with E-state index in [0.717, 1.165) is 22.5 Å². The molecule has 2 fully saturated rings. The van der Waals surface area contributed by atoms with Gasteiger partial charge in [-0.05, 0) is 47.5 Å². The van der Waals surface area contributed by atoms with E-state index in [1.165, 1.54) is 0 Å². The van der Waals surface area contributed by atoms with Gasteiger partial charge in [0.05, 0.1) is 48.9 Å². The number of nitriles is 2. The molecule has 2 aromatic heterocycles. The highest BCUT2D eigenvalue weighted by Gasteiger charge is 2.25. The van der Waals surface area contributed by atoms with Crippen LogP contribution in [0.1, 0.15) is 22.8 Å². The van der Waals surface area contributed by atoms with Crippen molar-refractivity contribution in [3.63, 3.8) is 0 Å². The van der Waals surface area contributed by atoms with E-state index >= 15 is 0 Å². The zero-order chi connectivity index (χ0) is 32.7. The molecule has 0 amide bonds. The van der Waals surface area contributed by atoms with E-state index in [-0.39, 0.29) is 0 Å². The van der Waals surface area contributed by atoms with Crippen LogP contribution < -0.4 is 9.80 Å². The Morgan fingerprint density at radius 3 is 1.27 bits per heavy atom. The van der Waals surface area contributed by atoms with E-state index in [1.54, 1.807) is 12.2 Å². The van der Waals surface area contributed by atoms with Gasteiger partial charge in [0.2, 0.25) is 11.9 Å². The Kier molecular flexibility index (Phi) is 9.00. The van der Waals surface area contributed by atoms with Gasteiger partial charge >= 0.3 is 0 Å². The first-order valence-electron chi connectivity index (χ1n) is 15.7. The number of anilines is 2. The summed E-state index contributed by atoms with van der Waals surface area (Å²) in [4.78, 5) is 4.25. The molecule has 0 saturated carbocycles. The third kappa shape index (κ3) is 6.31. The van der Waals surface area contributed by atoms with Crippen LogP contribution in [0.4, 0.5) is 11.9 Å². The summed E-state index contributed by atoms with van der Waals surface area (Å²) in [5.74, 6) is 2.25. The molecule has 0 unspecified atom stereocenters. The number of ether oxygens (including phenoxy) is 2. The lowest BCUT2D eigenvalue weighted by Crippen LogP contribution is -2.38. The van der Waals surface area contributed by atoms with Gasteiger partial charge in [-0.15, -0.1) is 20.4 Å². The Balaban J connectivity index is 1.21. The highest BCUT2D eigenvalue weighted by atomic mass is 16.5. The van der Waals surface area contributed by atoms with Crippen LogP contribution in [0.3, 0.4) is 0 Å². The van der Waals surface area contributed by atoms with Gasteiger partial charge in [0.15, 0.2) is 11.6 Å². The van der Waals surface area contributed by atoms with Crippen LogP contribution in [0.15, 0.2) is 84.9 Å². The summed E-state index contributed by atoms with van der Waals surface area (Å²) in [6.45, 7) is 5.16. The molecule has 12 nitrogen and oxygen atoms in total. The van der Waals surface area contributed by atoms with Crippen LogP contribution in [0.25, 0.3) is 34.7 Å². The summed E-state index contributed by atoms with van der Waals surface area (Å²) in [5.41, 5.74) is 4.09. The molecule has 2 aliphatic heterocycles. The number of hydrogen-bond donors (Lipinski definition) is 0. The zero-order valence-corrected chi connectivity index (χ0v) is 26.2. The van der Waals surface area contributed by atoms with Crippen molar-refractivity contribution >= 4 is 35.2 Å². The largest absolute Gasteiger partial charge is 0.378 e. The molecule has 3 aromatic carbocycles. The van der Waals surface area contributed by atoms with Crippen LogP contribution in [-0.2, 0) is 9.47 Å². The normalized spacial score (nSPS) is 15.6. The molecule has 7 rings (SSSR count). The molecular formula is C36H32N10O2. The number of aromatic nitrogens is 6. The molecule has 0 aliphatic carbocycles. The molecule has 4 heterocycles. The maximum absolute atomic E-state index is 10.3. The van der Waals surface area contributed by atoms with Crippen molar-refractivity contribution < 1.29 is 9.47 Å². The fourth-order valence-corrected chi connectivity index (χ4v) is 5.78. The van der Waals surface area contributed by atoms with Gasteiger partial charge in [-0.25, -0.2) is 0 Å². The van der Waals surface area contributed by atoms with Crippen LogP contribution in [0.2, 0.25) is 0 Å². The van der Waals surface area contributed by atoms with Crippen molar-refractivity contribution in [1.29, 1.82) is 10.5 Å². The minimum atomic E-state index is 0.374. The van der Waals surface area contributed by atoms with Crippen LogP contribution >= 0.6 is 0 Å². The minimum Gasteiger partial charge on any atom is -0.378 e. The third-order valence-corrected chi connectivity index (χ3v) is 8.19. The molecular weight excluding hydrogens is 604 g/mol. The van der Waals surface area contributed by atoms with Gasteiger partial charge in [0.1, 0.15) is 12.1 Å². The standard InChI is InChI=1S/C36H32N10O2/c37-25-29(33-39-41-35(43-15-19-47-20-16-43)45(33)31-7-3-1-4-8-31)23-27-11-13-28(14-12-27)24-30(26-38)34-40-42-36(44-17-21-48-22-18-44)46(34)32-9-5-2-6-10-32/h1-14,23-24H,15-22H2/b29-23+,30-24+. The van der Waals surface area contributed by atoms with Crippen LogP contribution in [-0.4, -0.2) is 82.1 Å². The summed E-state index contributed by atoms with van der Waals surface area (Å²) in [7, 11) is 0. The summed E-state index contributed by atoms with van der Waals surface area (Å²) in [6.07, 6.45) is 3.60. The van der Waals surface area contributed by atoms with Gasteiger partial charge in [-0.3, -0.25) is 9.13 Å².